The van der Waals surface area contributed by atoms with E-state index >= 15 is 0 Å². The Labute approximate surface area is 125 Å². The third kappa shape index (κ3) is 2.65. The Balaban J connectivity index is 1.89. The minimum atomic E-state index is -3.07. The average Bonchev–Trinajstić information content (AvgIpc) is 2.90. The number of hydrogen-bond acceptors (Lipinski definition) is 3. The first-order chi connectivity index (χ1) is 10.0. The topological polar surface area (TPSA) is 62.4 Å². The molecule has 5 nitrogen and oxygen atoms in total. The summed E-state index contributed by atoms with van der Waals surface area (Å²) in [6, 6.07) is 5.96. The molecular weight excluding hydrogens is 288 g/mol. The molecule has 2 heterocycles. The van der Waals surface area contributed by atoms with Gasteiger partial charge in [0.25, 0.3) is 0 Å². The summed E-state index contributed by atoms with van der Waals surface area (Å²) in [6.07, 6.45) is 5.01. The number of H-pyrrole nitrogens is 1. The van der Waals surface area contributed by atoms with E-state index in [-0.39, 0.29) is 0 Å². The van der Waals surface area contributed by atoms with E-state index in [0.717, 1.165) is 29.5 Å². The number of rotatable bonds is 3. The molecular formula is C15H20N2O3S. The molecule has 21 heavy (non-hydrogen) atoms. The number of fused-ring (bicyclic) bond motifs is 1. The highest BCUT2D eigenvalue weighted by Crippen LogP contribution is 2.37. The number of piperidine rings is 1. The molecule has 0 atom stereocenters. The zero-order chi connectivity index (χ0) is 15.0. The molecule has 1 aliphatic rings. The van der Waals surface area contributed by atoms with Gasteiger partial charge in [0.15, 0.2) is 0 Å². The van der Waals surface area contributed by atoms with Crippen molar-refractivity contribution in [3.63, 3.8) is 0 Å². The smallest absolute Gasteiger partial charge is 0.211 e. The number of aromatic nitrogens is 1. The lowest BCUT2D eigenvalue weighted by molar-refractivity contribution is 0.322. The van der Waals surface area contributed by atoms with Crippen LogP contribution in [0.2, 0.25) is 0 Å². The lowest BCUT2D eigenvalue weighted by Crippen LogP contribution is -2.37. The van der Waals surface area contributed by atoms with Crippen LogP contribution in [0.3, 0.4) is 0 Å². The van der Waals surface area contributed by atoms with Gasteiger partial charge in [-0.3, -0.25) is 0 Å². The summed E-state index contributed by atoms with van der Waals surface area (Å²) >= 11 is 0. The number of benzene rings is 1. The summed E-state index contributed by atoms with van der Waals surface area (Å²) in [5.41, 5.74) is 2.30. The van der Waals surface area contributed by atoms with Crippen LogP contribution in [0.4, 0.5) is 0 Å². The van der Waals surface area contributed by atoms with Crippen LogP contribution in [0, 0.1) is 0 Å². The monoisotopic (exact) mass is 308 g/mol. The second-order valence-corrected chi connectivity index (χ2v) is 7.55. The van der Waals surface area contributed by atoms with E-state index in [1.807, 2.05) is 24.4 Å². The second kappa shape index (κ2) is 5.35. The molecule has 0 amide bonds. The predicted molar refractivity (Wildman–Crippen MR) is 83.2 cm³/mol. The second-order valence-electron chi connectivity index (χ2n) is 5.56. The maximum Gasteiger partial charge on any atom is 0.211 e. The number of ether oxygens (including phenoxy) is 1. The van der Waals surface area contributed by atoms with Crippen molar-refractivity contribution in [2.75, 3.05) is 26.5 Å². The molecule has 6 heteroatoms. The van der Waals surface area contributed by atoms with Crippen LogP contribution in [-0.4, -0.2) is 44.2 Å². The highest BCUT2D eigenvalue weighted by molar-refractivity contribution is 7.88. The molecule has 0 aliphatic carbocycles. The molecule has 0 unspecified atom stereocenters. The lowest BCUT2D eigenvalue weighted by atomic mass is 9.90. The Bertz CT molecular complexity index is 743. The fourth-order valence-corrected chi connectivity index (χ4v) is 4.04. The van der Waals surface area contributed by atoms with Crippen LogP contribution < -0.4 is 4.74 Å². The van der Waals surface area contributed by atoms with Gasteiger partial charge in [0.2, 0.25) is 10.0 Å². The highest BCUT2D eigenvalue weighted by Gasteiger charge is 2.27. The van der Waals surface area contributed by atoms with E-state index in [1.54, 1.807) is 11.4 Å². The van der Waals surface area contributed by atoms with Gasteiger partial charge in [0.1, 0.15) is 5.75 Å². The minimum absolute atomic E-state index is 0.369. The first kappa shape index (κ1) is 14.4. The minimum Gasteiger partial charge on any atom is -0.496 e. The number of nitrogens with zero attached hydrogens (tertiary/aromatic N) is 1. The number of sulfonamides is 1. The van der Waals surface area contributed by atoms with E-state index in [0.29, 0.717) is 19.0 Å². The van der Waals surface area contributed by atoms with Gasteiger partial charge in [-0.1, -0.05) is 6.07 Å². The van der Waals surface area contributed by atoms with Crippen molar-refractivity contribution in [3.05, 3.63) is 30.0 Å². The van der Waals surface area contributed by atoms with Gasteiger partial charge in [0, 0.05) is 30.2 Å². The molecule has 1 aliphatic heterocycles. The first-order valence-electron chi connectivity index (χ1n) is 7.10. The molecule has 0 spiro atoms. The van der Waals surface area contributed by atoms with Crippen LogP contribution >= 0.6 is 0 Å². The molecule has 2 aromatic rings. The van der Waals surface area contributed by atoms with Crippen LogP contribution in [-0.2, 0) is 10.0 Å². The molecule has 114 valence electrons. The van der Waals surface area contributed by atoms with Crippen molar-refractivity contribution in [2.24, 2.45) is 0 Å². The summed E-state index contributed by atoms with van der Waals surface area (Å²) in [6.45, 7) is 1.18. The third-order valence-corrected chi connectivity index (χ3v) is 5.58. The van der Waals surface area contributed by atoms with Gasteiger partial charge >= 0.3 is 0 Å². The zero-order valence-corrected chi connectivity index (χ0v) is 13.1. The van der Waals surface area contributed by atoms with E-state index < -0.39 is 10.0 Å². The summed E-state index contributed by atoms with van der Waals surface area (Å²) in [4.78, 5) is 3.29. The third-order valence-electron chi connectivity index (χ3n) is 4.28. The van der Waals surface area contributed by atoms with Crippen LogP contribution in [0.15, 0.2) is 24.4 Å². The lowest BCUT2D eigenvalue weighted by Gasteiger charge is -2.30. The molecule has 1 aromatic heterocycles. The van der Waals surface area contributed by atoms with Gasteiger partial charge < -0.3 is 9.72 Å². The van der Waals surface area contributed by atoms with Crippen molar-refractivity contribution in [1.29, 1.82) is 0 Å². The van der Waals surface area contributed by atoms with Gasteiger partial charge in [-0.05, 0) is 36.5 Å². The van der Waals surface area contributed by atoms with E-state index in [9.17, 15) is 8.42 Å². The van der Waals surface area contributed by atoms with E-state index in [2.05, 4.69) is 4.98 Å². The number of methoxy groups -OCH3 is 1. The zero-order valence-electron chi connectivity index (χ0n) is 12.3. The molecule has 0 saturated carbocycles. The normalized spacial score (nSPS) is 18.2. The van der Waals surface area contributed by atoms with Gasteiger partial charge in [0.05, 0.1) is 13.4 Å². The molecule has 0 radical (unpaired) electrons. The van der Waals surface area contributed by atoms with Crippen molar-refractivity contribution in [1.82, 2.24) is 9.29 Å². The van der Waals surface area contributed by atoms with Gasteiger partial charge in [-0.2, -0.15) is 0 Å². The molecule has 0 bridgehead atoms. The van der Waals surface area contributed by atoms with Crippen LogP contribution in [0.5, 0.6) is 5.75 Å². The van der Waals surface area contributed by atoms with Crippen LogP contribution in [0.1, 0.15) is 24.3 Å². The Hall–Kier alpha value is -1.53. The number of hydrogen-bond donors (Lipinski definition) is 1. The number of nitrogens with one attached hydrogen (secondary N) is 1. The quantitative estimate of drug-likeness (QED) is 0.946. The fourth-order valence-electron chi connectivity index (χ4n) is 3.17. The first-order valence-corrected chi connectivity index (χ1v) is 8.94. The molecule has 1 N–H and O–H groups in total. The Morgan fingerprint density at radius 1 is 1.29 bits per heavy atom. The Morgan fingerprint density at radius 2 is 2.00 bits per heavy atom. The van der Waals surface area contributed by atoms with Gasteiger partial charge in [-0.15, -0.1) is 0 Å². The summed E-state index contributed by atoms with van der Waals surface area (Å²) in [5.74, 6) is 1.24. The molecule has 3 rings (SSSR count). The van der Waals surface area contributed by atoms with Crippen molar-refractivity contribution in [3.8, 4) is 5.75 Å². The summed E-state index contributed by atoms with van der Waals surface area (Å²) in [5, 5.41) is 1.12. The summed E-state index contributed by atoms with van der Waals surface area (Å²) < 4.78 is 30.2. The maximum atomic E-state index is 11.6. The van der Waals surface area contributed by atoms with Gasteiger partial charge in [-0.25, -0.2) is 12.7 Å². The Morgan fingerprint density at radius 3 is 2.62 bits per heavy atom. The van der Waals surface area contributed by atoms with Crippen LogP contribution in [0.25, 0.3) is 10.9 Å². The predicted octanol–water partition coefficient (Wildman–Crippen LogP) is 2.32. The largest absolute Gasteiger partial charge is 0.496 e. The SMILES string of the molecule is COc1cccc2[nH]cc(C3CCN(S(C)(=O)=O)CC3)c12. The van der Waals surface area contributed by atoms with E-state index in [1.165, 1.54) is 11.8 Å². The Kier molecular flexibility index (Phi) is 3.67. The molecule has 1 fully saturated rings. The molecule has 1 aromatic carbocycles. The highest BCUT2D eigenvalue weighted by atomic mass is 32.2. The van der Waals surface area contributed by atoms with E-state index in [4.69, 9.17) is 4.74 Å². The van der Waals surface area contributed by atoms with Crippen molar-refractivity contribution in [2.45, 2.75) is 18.8 Å². The number of aromatic amines is 1. The van der Waals surface area contributed by atoms with Crippen molar-refractivity contribution >= 4 is 20.9 Å². The maximum absolute atomic E-state index is 11.6. The fraction of sp³-hybridized carbons (Fsp3) is 0.467. The average molecular weight is 308 g/mol. The molecule has 1 saturated heterocycles. The van der Waals surface area contributed by atoms with Crippen molar-refractivity contribution < 1.29 is 13.2 Å². The summed E-state index contributed by atoms with van der Waals surface area (Å²) in [7, 11) is -1.39. The standard InChI is InChI=1S/C15H20N2O3S/c1-20-14-5-3-4-13-15(14)12(10-16-13)11-6-8-17(9-7-11)21(2,18)19/h3-5,10-11,16H,6-9H2,1-2H3.